The van der Waals surface area contributed by atoms with Crippen molar-refractivity contribution in [2.24, 2.45) is 16.7 Å². The zero-order chi connectivity index (χ0) is 18.1. The van der Waals surface area contributed by atoms with E-state index in [1.54, 1.807) is 13.2 Å². The molecule has 0 aromatic heterocycles. The van der Waals surface area contributed by atoms with Gasteiger partial charge in [-0.1, -0.05) is 32.4 Å². The standard InChI is InChI=1S/C21H32O3/c1-7-17(23)20(4,8-2)13-18(24-6)21(5)14(3)9-10-15-11-12-16(22)19(15)21/h8,14,18H,2,7,9-13H2,1,3-6H3/t14-,18-,20-,21+/m1/s1. The molecule has 2 aliphatic rings. The Morgan fingerprint density at radius 2 is 2.12 bits per heavy atom. The lowest BCUT2D eigenvalue weighted by Crippen LogP contribution is -2.47. The third-order valence-corrected chi connectivity index (χ3v) is 6.70. The third kappa shape index (κ3) is 2.92. The fraction of sp³-hybridized carbons (Fsp3) is 0.714. The molecule has 0 unspecified atom stereocenters. The summed E-state index contributed by atoms with van der Waals surface area (Å²) in [6.45, 7) is 12.1. The van der Waals surface area contributed by atoms with Gasteiger partial charge in [0.05, 0.1) is 6.10 Å². The van der Waals surface area contributed by atoms with Gasteiger partial charge in [0.2, 0.25) is 0 Å². The average Bonchev–Trinajstić information content (AvgIpc) is 2.97. The summed E-state index contributed by atoms with van der Waals surface area (Å²) in [5, 5.41) is 0. The van der Waals surface area contributed by atoms with Crippen LogP contribution in [0.3, 0.4) is 0 Å². The molecule has 3 heteroatoms. The van der Waals surface area contributed by atoms with Gasteiger partial charge >= 0.3 is 0 Å². The second-order valence-electron chi connectivity index (χ2n) is 7.95. The van der Waals surface area contributed by atoms with Crippen LogP contribution in [0.4, 0.5) is 0 Å². The molecule has 4 atom stereocenters. The normalized spacial score (nSPS) is 30.7. The van der Waals surface area contributed by atoms with Gasteiger partial charge in [0.1, 0.15) is 5.78 Å². The van der Waals surface area contributed by atoms with Gasteiger partial charge in [0.25, 0.3) is 0 Å². The van der Waals surface area contributed by atoms with Crippen molar-refractivity contribution in [3.8, 4) is 0 Å². The van der Waals surface area contributed by atoms with Crippen LogP contribution < -0.4 is 0 Å². The van der Waals surface area contributed by atoms with Crippen LogP contribution in [-0.2, 0) is 14.3 Å². The number of rotatable bonds is 7. The number of hydrogen-bond acceptors (Lipinski definition) is 3. The van der Waals surface area contributed by atoms with Gasteiger partial charge in [-0.15, -0.1) is 6.58 Å². The molecule has 0 amide bonds. The summed E-state index contributed by atoms with van der Waals surface area (Å²) in [4.78, 5) is 25.1. The molecule has 0 saturated heterocycles. The molecular formula is C21H32O3. The summed E-state index contributed by atoms with van der Waals surface area (Å²) in [6.07, 6.45) is 6.29. The minimum absolute atomic E-state index is 0.168. The van der Waals surface area contributed by atoms with Crippen LogP contribution in [0.5, 0.6) is 0 Å². The molecule has 2 aliphatic carbocycles. The maximum atomic E-state index is 12.6. The van der Waals surface area contributed by atoms with Crippen LogP contribution in [0, 0.1) is 16.7 Å². The van der Waals surface area contributed by atoms with Gasteiger partial charge in [-0.05, 0) is 38.5 Å². The van der Waals surface area contributed by atoms with E-state index in [4.69, 9.17) is 4.74 Å². The van der Waals surface area contributed by atoms with Gasteiger partial charge < -0.3 is 4.74 Å². The van der Waals surface area contributed by atoms with Crippen molar-refractivity contribution < 1.29 is 14.3 Å². The molecule has 134 valence electrons. The molecule has 0 aromatic rings. The van der Waals surface area contributed by atoms with E-state index in [0.29, 0.717) is 25.2 Å². The molecule has 0 fully saturated rings. The quantitative estimate of drug-likeness (QED) is 0.637. The van der Waals surface area contributed by atoms with Crippen LogP contribution in [0.2, 0.25) is 0 Å². The summed E-state index contributed by atoms with van der Waals surface area (Å²) in [5.41, 5.74) is 1.39. The van der Waals surface area contributed by atoms with E-state index >= 15 is 0 Å². The Bertz CT molecular complexity index is 574. The maximum absolute atomic E-state index is 12.6. The SMILES string of the molecule is C=C[C@](C)(C[C@@H](OC)[C@@]1(C)C2=C(CCC2=O)CC[C@H]1C)C(=O)CC. The summed E-state index contributed by atoms with van der Waals surface area (Å²) in [5.74, 6) is 0.816. The molecule has 0 heterocycles. The smallest absolute Gasteiger partial charge is 0.159 e. The van der Waals surface area contributed by atoms with E-state index in [1.165, 1.54) is 5.57 Å². The van der Waals surface area contributed by atoms with E-state index in [-0.39, 0.29) is 23.1 Å². The van der Waals surface area contributed by atoms with E-state index < -0.39 is 5.41 Å². The highest BCUT2D eigenvalue weighted by Gasteiger charge is 2.51. The van der Waals surface area contributed by atoms with Gasteiger partial charge in [0, 0.05) is 36.4 Å². The van der Waals surface area contributed by atoms with E-state index in [1.807, 2.05) is 13.8 Å². The highest BCUT2D eigenvalue weighted by molar-refractivity contribution is 6.00. The average molecular weight is 332 g/mol. The number of Topliss-reactive ketones (excluding diaryl/α,β-unsaturated/α-hetero) is 2. The van der Waals surface area contributed by atoms with Crippen LogP contribution in [-0.4, -0.2) is 24.8 Å². The molecule has 0 aliphatic heterocycles. The number of carbonyl (C=O) groups is 2. The first-order chi connectivity index (χ1) is 11.2. The summed E-state index contributed by atoms with van der Waals surface area (Å²) >= 11 is 0. The molecule has 0 saturated carbocycles. The summed E-state index contributed by atoms with van der Waals surface area (Å²) in [7, 11) is 1.71. The molecule has 3 nitrogen and oxygen atoms in total. The number of ether oxygens (including phenoxy) is 1. The van der Waals surface area contributed by atoms with Gasteiger partial charge in [-0.25, -0.2) is 0 Å². The lowest BCUT2D eigenvalue weighted by atomic mass is 9.59. The van der Waals surface area contributed by atoms with Crippen molar-refractivity contribution in [3.05, 3.63) is 23.8 Å². The Labute approximate surface area is 146 Å². The van der Waals surface area contributed by atoms with Crippen molar-refractivity contribution >= 4 is 11.6 Å². The van der Waals surface area contributed by atoms with Crippen molar-refractivity contribution in [1.29, 1.82) is 0 Å². The highest BCUT2D eigenvalue weighted by atomic mass is 16.5. The lowest BCUT2D eigenvalue weighted by Gasteiger charge is -2.47. The first-order valence-corrected chi connectivity index (χ1v) is 9.20. The minimum atomic E-state index is -0.613. The van der Waals surface area contributed by atoms with E-state index in [0.717, 1.165) is 24.8 Å². The molecule has 0 spiro atoms. The van der Waals surface area contributed by atoms with Crippen molar-refractivity contribution in [3.63, 3.8) is 0 Å². The maximum Gasteiger partial charge on any atom is 0.159 e. The van der Waals surface area contributed by atoms with Crippen molar-refractivity contribution in [2.45, 2.75) is 72.3 Å². The summed E-state index contributed by atoms with van der Waals surface area (Å²) in [6, 6.07) is 0. The predicted molar refractivity (Wildman–Crippen MR) is 96.8 cm³/mol. The number of allylic oxidation sites excluding steroid dienone is 2. The topological polar surface area (TPSA) is 43.4 Å². The van der Waals surface area contributed by atoms with Crippen LogP contribution >= 0.6 is 0 Å². The Kier molecular flexibility index (Phi) is 5.54. The fourth-order valence-corrected chi connectivity index (χ4v) is 4.70. The third-order valence-electron chi connectivity index (χ3n) is 6.70. The zero-order valence-electron chi connectivity index (χ0n) is 15.9. The van der Waals surface area contributed by atoms with Crippen LogP contribution in [0.15, 0.2) is 23.8 Å². The molecule has 24 heavy (non-hydrogen) atoms. The first-order valence-electron chi connectivity index (χ1n) is 9.20. The second-order valence-corrected chi connectivity index (χ2v) is 7.95. The van der Waals surface area contributed by atoms with Crippen LogP contribution in [0.25, 0.3) is 0 Å². The fourth-order valence-electron chi connectivity index (χ4n) is 4.70. The van der Waals surface area contributed by atoms with E-state index in [2.05, 4.69) is 20.4 Å². The van der Waals surface area contributed by atoms with Crippen molar-refractivity contribution in [2.75, 3.05) is 7.11 Å². The highest BCUT2D eigenvalue weighted by Crippen LogP contribution is 2.54. The lowest BCUT2D eigenvalue weighted by molar-refractivity contribution is -0.129. The number of carbonyl (C=O) groups excluding carboxylic acids is 2. The van der Waals surface area contributed by atoms with Crippen molar-refractivity contribution in [1.82, 2.24) is 0 Å². The zero-order valence-corrected chi connectivity index (χ0v) is 15.9. The van der Waals surface area contributed by atoms with Gasteiger partial charge in [0.15, 0.2) is 5.78 Å². The molecular weight excluding hydrogens is 300 g/mol. The summed E-state index contributed by atoms with van der Waals surface area (Å²) < 4.78 is 5.93. The second kappa shape index (κ2) is 6.95. The minimum Gasteiger partial charge on any atom is -0.380 e. The van der Waals surface area contributed by atoms with E-state index in [9.17, 15) is 9.59 Å². The molecule has 2 rings (SSSR count). The first kappa shape index (κ1) is 19.1. The Morgan fingerprint density at radius 1 is 1.46 bits per heavy atom. The Morgan fingerprint density at radius 3 is 2.67 bits per heavy atom. The van der Waals surface area contributed by atoms with Gasteiger partial charge in [-0.3, -0.25) is 9.59 Å². The monoisotopic (exact) mass is 332 g/mol. The van der Waals surface area contributed by atoms with Gasteiger partial charge in [-0.2, -0.15) is 0 Å². The molecule has 0 bridgehead atoms. The number of ketones is 2. The Balaban J connectivity index is 2.44. The molecule has 0 aromatic carbocycles. The van der Waals surface area contributed by atoms with Crippen LogP contribution in [0.1, 0.15) is 66.2 Å². The number of methoxy groups -OCH3 is 1. The molecule has 0 radical (unpaired) electrons. The Hall–Kier alpha value is -1.22. The largest absolute Gasteiger partial charge is 0.380 e. The molecule has 0 N–H and O–H groups in total. The predicted octanol–water partition coefficient (Wildman–Crippen LogP) is 4.66. The number of hydrogen-bond donors (Lipinski definition) is 0.